The van der Waals surface area contributed by atoms with E-state index in [9.17, 15) is 9.59 Å². The van der Waals surface area contributed by atoms with Crippen LogP contribution in [0, 0.1) is 6.92 Å². The molecule has 1 saturated heterocycles. The normalized spacial score (nSPS) is 16.9. The zero-order valence-electron chi connectivity index (χ0n) is 17.7. The van der Waals surface area contributed by atoms with Crippen molar-refractivity contribution < 1.29 is 9.59 Å². The Hall–Kier alpha value is -3.05. The molecule has 158 valence electrons. The largest absolute Gasteiger partial charge is 0.326 e. The maximum atomic E-state index is 13.0. The van der Waals surface area contributed by atoms with Gasteiger partial charge in [0.2, 0.25) is 11.8 Å². The molecule has 4 rings (SSSR count). The zero-order chi connectivity index (χ0) is 21.8. The molecular weight excluding hydrogens is 404 g/mol. The number of aryl methyl sites for hydroxylation is 1. The highest BCUT2D eigenvalue weighted by Gasteiger charge is 2.34. The second-order valence-corrected chi connectivity index (χ2v) is 8.82. The van der Waals surface area contributed by atoms with Gasteiger partial charge in [0.05, 0.1) is 11.7 Å². The maximum Gasteiger partial charge on any atom is 0.238 e. The van der Waals surface area contributed by atoms with Crippen molar-refractivity contribution in [3.05, 3.63) is 95.6 Å². The van der Waals surface area contributed by atoms with Crippen molar-refractivity contribution in [3.8, 4) is 0 Å². The summed E-state index contributed by atoms with van der Waals surface area (Å²) in [7, 11) is 0. The highest BCUT2D eigenvalue weighted by Crippen LogP contribution is 2.42. The first-order chi connectivity index (χ1) is 15.1. The smallest absolute Gasteiger partial charge is 0.238 e. The molecule has 31 heavy (non-hydrogen) atoms. The van der Waals surface area contributed by atoms with Gasteiger partial charge in [-0.05, 0) is 54.3 Å². The first-order valence-electron chi connectivity index (χ1n) is 10.5. The number of rotatable bonds is 6. The van der Waals surface area contributed by atoms with E-state index in [-0.39, 0.29) is 23.1 Å². The molecule has 0 radical (unpaired) electrons. The van der Waals surface area contributed by atoms with Gasteiger partial charge in [-0.25, -0.2) is 0 Å². The van der Waals surface area contributed by atoms with E-state index < -0.39 is 0 Å². The minimum absolute atomic E-state index is 0.0171. The fourth-order valence-corrected chi connectivity index (χ4v) is 5.15. The lowest BCUT2D eigenvalue weighted by Gasteiger charge is -2.25. The Balaban J connectivity index is 1.56. The molecule has 5 heteroatoms. The van der Waals surface area contributed by atoms with E-state index in [0.29, 0.717) is 5.75 Å². The fourth-order valence-electron chi connectivity index (χ4n) is 3.98. The van der Waals surface area contributed by atoms with Crippen molar-refractivity contribution in [1.29, 1.82) is 0 Å². The summed E-state index contributed by atoms with van der Waals surface area (Å²) in [6.07, 6.45) is 0.726. The van der Waals surface area contributed by atoms with Gasteiger partial charge in [0.1, 0.15) is 5.37 Å². The van der Waals surface area contributed by atoms with Crippen LogP contribution in [-0.2, 0) is 9.59 Å². The molecular formula is C26H26N2O2S. The second kappa shape index (κ2) is 9.40. The number of thioether (sulfide) groups is 1. The van der Waals surface area contributed by atoms with Gasteiger partial charge in [-0.15, -0.1) is 11.8 Å². The van der Waals surface area contributed by atoms with Crippen LogP contribution in [0.15, 0.2) is 78.9 Å². The van der Waals surface area contributed by atoms with Crippen LogP contribution >= 0.6 is 11.8 Å². The Morgan fingerprint density at radius 3 is 2.58 bits per heavy atom. The van der Waals surface area contributed by atoms with E-state index in [1.807, 2.05) is 97.6 Å². The number of hydrogen-bond acceptors (Lipinski definition) is 3. The fraction of sp³-hybridized carbons (Fsp3) is 0.231. The maximum absolute atomic E-state index is 13.0. The quantitative estimate of drug-likeness (QED) is 0.529. The lowest BCUT2D eigenvalue weighted by molar-refractivity contribution is -0.118. The molecule has 0 saturated carbocycles. The molecule has 1 aliphatic rings. The number of carbonyl (C=O) groups excluding carboxylic acids is 2. The Morgan fingerprint density at radius 1 is 1.06 bits per heavy atom. The number of carbonyl (C=O) groups is 2. The van der Waals surface area contributed by atoms with Crippen molar-refractivity contribution in [3.63, 3.8) is 0 Å². The third-order valence-electron chi connectivity index (χ3n) is 5.51. The standard InChI is InChI=1S/C26H26N2O2S/c1-3-23(19-10-5-4-6-11-19)25(30)27-21-13-8-12-20(16-21)26-28(24(29)17-31-26)22-14-7-9-18(2)15-22/h4-16,23,26H,3,17H2,1-2H3,(H,27,30)/t23-,26+/m0/s1. The van der Waals surface area contributed by atoms with Gasteiger partial charge in [0, 0.05) is 11.4 Å². The monoisotopic (exact) mass is 430 g/mol. The topological polar surface area (TPSA) is 49.4 Å². The third kappa shape index (κ3) is 4.67. The van der Waals surface area contributed by atoms with E-state index in [2.05, 4.69) is 5.32 Å². The van der Waals surface area contributed by atoms with Crippen LogP contribution in [0.4, 0.5) is 11.4 Å². The first-order valence-corrected chi connectivity index (χ1v) is 11.6. The molecule has 0 spiro atoms. The minimum atomic E-state index is -0.198. The van der Waals surface area contributed by atoms with Crippen molar-refractivity contribution in [2.75, 3.05) is 16.0 Å². The van der Waals surface area contributed by atoms with Gasteiger partial charge in [-0.2, -0.15) is 0 Å². The molecule has 0 bridgehead atoms. The summed E-state index contributed by atoms with van der Waals surface area (Å²) >= 11 is 1.61. The average Bonchev–Trinajstić information content (AvgIpc) is 3.16. The van der Waals surface area contributed by atoms with Crippen LogP contribution < -0.4 is 10.2 Å². The molecule has 3 aromatic rings. The number of benzene rings is 3. The Morgan fingerprint density at radius 2 is 1.84 bits per heavy atom. The summed E-state index contributed by atoms with van der Waals surface area (Å²) in [5.74, 6) is 0.332. The predicted molar refractivity (Wildman–Crippen MR) is 128 cm³/mol. The van der Waals surface area contributed by atoms with Gasteiger partial charge in [0.15, 0.2) is 0 Å². The number of nitrogens with zero attached hydrogens (tertiary/aromatic N) is 1. The molecule has 2 amide bonds. The molecule has 0 aliphatic carbocycles. The molecule has 1 fully saturated rings. The third-order valence-corrected chi connectivity index (χ3v) is 6.73. The van der Waals surface area contributed by atoms with Crippen molar-refractivity contribution in [2.24, 2.45) is 0 Å². The van der Waals surface area contributed by atoms with Crippen LogP contribution in [0.25, 0.3) is 0 Å². The predicted octanol–water partition coefficient (Wildman–Crippen LogP) is 5.91. The molecule has 0 unspecified atom stereocenters. The van der Waals surface area contributed by atoms with E-state index in [1.54, 1.807) is 11.8 Å². The van der Waals surface area contributed by atoms with Gasteiger partial charge in [-0.3, -0.25) is 14.5 Å². The molecule has 1 heterocycles. The average molecular weight is 431 g/mol. The molecule has 2 atom stereocenters. The lowest BCUT2D eigenvalue weighted by atomic mass is 9.95. The van der Waals surface area contributed by atoms with Gasteiger partial charge >= 0.3 is 0 Å². The van der Waals surface area contributed by atoms with Crippen molar-refractivity contribution in [1.82, 2.24) is 0 Å². The molecule has 4 nitrogen and oxygen atoms in total. The second-order valence-electron chi connectivity index (χ2n) is 7.75. The summed E-state index contributed by atoms with van der Waals surface area (Å²) in [6.45, 7) is 4.05. The number of nitrogens with one attached hydrogen (secondary N) is 1. The molecule has 1 N–H and O–H groups in total. The first kappa shape index (κ1) is 21.2. The lowest BCUT2D eigenvalue weighted by Crippen LogP contribution is -2.28. The van der Waals surface area contributed by atoms with E-state index in [4.69, 9.17) is 0 Å². The highest BCUT2D eigenvalue weighted by atomic mass is 32.2. The summed E-state index contributed by atoms with van der Waals surface area (Å²) in [5, 5.41) is 2.97. The van der Waals surface area contributed by atoms with Crippen LogP contribution in [-0.4, -0.2) is 17.6 Å². The van der Waals surface area contributed by atoms with Crippen LogP contribution in [0.5, 0.6) is 0 Å². The summed E-state index contributed by atoms with van der Waals surface area (Å²) in [4.78, 5) is 27.5. The van der Waals surface area contributed by atoms with Crippen LogP contribution in [0.1, 0.15) is 41.3 Å². The number of hydrogen-bond donors (Lipinski definition) is 1. The van der Waals surface area contributed by atoms with E-state index in [1.165, 1.54) is 0 Å². The summed E-state index contributed by atoms with van der Waals surface area (Å²) < 4.78 is 0. The van der Waals surface area contributed by atoms with Gasteiger partial charge < -0.3 is 5.32 Å². The number of amides is 2. The minimum Gasteiger partial charge on any atom is -0.326 e. The van der Waals surface area contributed by atoms with Crippen molar-refractivity contribution in [2.45, 2.75) is 31.6 Å². The van der Waals surface area contributed by atoms with Gasteiger partial charge in [-0.1, -0.05) is 61.5 Å². The summed E-state index contributed by atoms with van der Waals surface area (Å²) in [6, 6.07) is 25.7. The molecule has 1 aliphatic heterocycles. The highest BCUT2D eigenvalue weighted by molar-refractivity contribution is 8.00. The Bertz CT molecular complexity index is 1080. The molecule has 0 aromatic heterocycles. The Labute approximate surface area is 187 Å². The summed E-state index contributed by atoms with van der Waals surface area (Å²) in [5.41, 5.74) is 4.79. The van der Waals surface area contributed by atoms with Crippen LogP contribution in [0.2, 0.25) is 0 Å². The SMILES string of the molecule is CC[C@H](C(=O)Nc1cccc([C@H]2SCC(=O)N2c2cccc(C)c2)c1)c1ccccc1. The van der Waals surface area contributed by atoms with Crippen molar-refractivity contribution >= 4 is 35.0 Å². The van der Waals surface area contributed by atoms with E-state index >= 15 is 0 Å². The van der Waals surface area contributed by atoms with Crippen LogP contribution in [0.3, 0.4) is 0 Å². The Kier molecular flexibility index (Phi) is 6.42. The van der Waals surface area contributed by atoms with E-state index in [0.717, 1.165) is 34.5 Å². The van der Waals surface area contributed by atoms with Gasteiger partial charge in [0.25, 0.3) is 0 Å². The zero-order valence-corrected chi connectivity index (χ0v) is 18.6. The number of anilines is 2. The molecule has 3 aromatic carbocycles.